The highest BCUT2D eigenvalue weighted by molar-refractivity contribution is 5.89. The molecule has 1 aromatic rings. The van der Waals surface area contributed by atoms with Gasteiger partial charge in [-0.25, -0.2) is 9.18 Å². The lowest BCUT2D eigenvalue weighted by molar-refractivity contribution is -0.385. The van der Waals surface area contributed by atoms with Crippen molar-refractivity contribution in [3.8, 4) is 11.8 Å². The van der Waals surface area contributed by atoms with E-state index in [2.05, 4.69) is 16.6 Å². The van der Waals surface area contributed by atoms with Crippen molar-refractivity contribution in [1.82, 2.24) is 0 Å². The molecular weight excluding hydrogens is 241 g/mol. The lowest BCUT2D eigenvalue weighted by Gasteiger charge is -1.99. The maximum absolute atomic E-state index is 13.5. The second-order valence-electron chi connectivity index (χ2n) is 3.35. The van der Waals surface area contributed by atoms with E-state index >= 15 is 0 Å². The van der Waals surface area contributed by atoms with Gasteiger partial charge in [-0.1, -0.05) is 5.92 Å². The van der Waals surface area contributed by atoms with Crippen LogP contribution in [0.1, 0.15) is 18.1 Å². The number of ether oxygens (including phenoxy) is 1. The summed E-state index contributed by atoms with van der Waals surface area (Å²) in [7, 11) is 0. The van der Waals surface area contributed by atoms with Crippen LogP contribution in [0.2, 0.25) is 0 Å². The molecular formula is C12H10FNO4. The van der Waals surface area contributed by atoms with Crippen molar-refractivity contribution in [2.24, 2.45) is 0 Å². The molecule has 1 aromatic carbocycles. The quantitative estimate of drug-likeness (QED) is 0.348. The Balaban J connectivity index is 3.13. The molecule has 0 spiro atoms. The van der Waals surface area contributed by atoms with Crippen molar-refractivity contribution >= 4 is 11.7 Å². The van der Waals surface area contributed by atoms with Crippen molar-refractivity contribution in [2.75, 3.05) is 6.61 Å². The van der Waals surface area contributed by atoms with Gasteiger partial charge in [-0.15, -0.1) is 0 Å². The third-order valence-electron chi connectivity index (χ3n) is 2.06. The number of carbonyl (C=O) groups is 1. The first kappa shape index (κ1) is 13.6. The molecule has 0 saturated heterocycles. The average molecular weight is 251 g/mol. The monoisotopic (exact) mass is 251 g/mol. The Morgan fingerprint density at radius 1 is 1.56 bits per heavy atom. The summed E-state index contributed by atoms with van der Waals surface area (Å²) >= 11 is 0. The molecule has 0 heterocycles. The molecule has 0 atom stereocenters. The van der Waals surface area contributed by atoms with Crippen molar-refractivity contribution in [3.63, 3.8) is 0 Å². The first-order valence-corrected chi connectivity index (χ1v) is 5.09. The number of rotatable bonds is 2. The van der Waals surface area contributed by atoms with Gasteiger partial charge >= 0.3 is 5.97 Å². The number of hydrogen-bond acceptors (Lipinski definition) is 4. The van der Waals surface area contributed by atoms with E-state index in [-0.39, 0.29) is 23.4 Å². The lowest BCUT2D eigenvalue weighted by atomic mass is 10.1. The summed E-state index contributed by atoms with van der Waals surface area (Å²) in [5, 5.41) is 10.7. The minimum atomic E-state index is -0.805. The predicted molar refractivity (Wildman–Crippen MR) is 61.3 cm³/mol. The van der Waals surface area contributed by atoms with E-state index in [4.69, 9.17) is 0 Å². The molecule has 1 rings (SSSR count). The van der Waals surface area contributed by atoms with Crippen LogP contribution in [-0.2, 0) is 9.53 Å². The van der Waals surface area contributed by atoms with E-state index < -0.39 is 16.7 Å². The van der Waals surface area contributed by atoms with Gasteiger partial charge in [0.1, 0.15) is 5.82 Å². The molecule has 0 aliphatic heterocycles. The van der Waals surface area contributed by atoms with E-state index in [1.807, 2.05) is 0 Å². The van der Waals surface area contributed by atoms with Crippen LogP contribution >= 0.6 is 0 Å². The number of carbonyl (C=O) groups excluding carboxylic acids is 1. The van der Waals surface area contributed by atoms with Gasteiger partial charge < -0.3 is 4.74 Å². The zero-order valence-electron chi connectivity index (χ0n) is 9.82. The van der Waals surface area contributed by atoms with Crippen LogP contribution in [0.15, 0.2) is 12.1 Å². The zero-order valence-corrected chi connectivity index (χ0v) is 9.82. The van der Waals surface area contributed by atoms with Crippen molar-refractivity contribution in [2.45, 2.75) is 13.8 Å². The molecule has 0 aliphatic rings. The van der Waals surface area contributed by atoms with Gasteiger partial charge in [0, 0.05) is 17.6 Å². The van der Waals surface area contributed by atoms with Crippen molar-refractivity contribution in [1.29, 1.82) is 0 Å². The number of halogens is 1. The van der Waals surface area contributed by atoms with Crippen LogP contribution < -0.4 is 0 Å². The average Bonchev–Trinajstić information content (AvgIpc) is 2.27. The number of nitrogens with zero attached hydrogens (tertiary/aromatic N) is 1. The molecule has 94 valence electrons. The normalized spacial score (nSPS) is 9.28. The Kier molecular flexibility index (Phi) is 4.38. The van der Waals surface area contributed by atoms with Gasteiger partial charge in [0.15, 0.2) is 0 Å². The fourth-order valence-corrected chi connectivity index (χ4v) is 1.24. The van der Waals surface area contributed by atoms with Gasteiger partial charge in [0.05, 0.1) is 17.1 Å². The second kappa shape index (κ2) is 5.77. The molecule has 0 unspecified atom stereocenters. The number of nitro groups is 1. The third-order valence-corrected chi connectivity index (χ3v) is 2.06. The fourth-order valence-electron chi connectivity index (χ4n) is 1.24. The summed E-state index contributed by atoms with van der Waals surface area (Å²) < 4.78 is 18.0. The Morgan fingerprint density at radius 3 is 2.78 bits per heavy atom. The summed E-state index contributed by atoms with van der Waals surface area (Å²) in [6.07, 6.45) is 0. The van der Waals surface area contributed by atoms with Crippen LogP contribution in [0.25, 0.3) is 0 Å². The predicted octanol–water partition coefficient (Wildman–Crippen LogP) is 1.96. The second-order valence-corrected chi connectivity index (χ2v) is 3.35. The number of hydrogen-bond donors (Lipinski definition) is 0. The van der Waals surface area contributed by atoms with E-state index in [0.717, 1.165) is 12.1 Å². The lowest BCUT2D eigenvalue weighted by Crippen LogP contribution is -2.00. The number of esters is 1. The van der Waals surface area contributed by atoms with Crippen molar-refractivity contribution in [3.05, 3.63) is 39.2 Å². The van der Waals surface area contributed by atoms with Crippen LogP contribution in [-0.4, -0.2) is 17.5 Å². The molecule has 5 nitrogen and oxygen atoms in total. The highest BCUT2D eigenvalue weighted by Gasteiger charge is 2.14. The van der Waals surface area contributed by atoms with Crippen LogP contribution in [0.3, 0.4) is 0 Å². The highest BCUT2D eigenvalue weighted by Crippen LogP contribution is 2.21. The Morgan fingerprint density at radius 2 is 2.22 bits per heavy atom. The maximum atomic E-state index is 13.5. The summed E-state index contributed by atoms with van der Waals surface area (Å²) in [6.45, 7) is 3.19. The first-order chi connectivity index (χ1) is 8.45. The maximum Gasteiger partial charge on any atom is 0.384 e. The molecule has 6 heteroatoms. The van der Waals surface area contributed by atoms with Gasteiger partial charge in [0.25, 0.3) is 5.69 Å². The first-order valence-electron chi connectivity index (χ1n) is 5.09. The van der Waals surface area contributed by atoms with Gasteiger partial charge in [-0.2, -0.15) is 0 Å². The Hall–Kier alpha value is -2.42. The molecule has 0 aromatic heterocycles. The molecule has 0 aliphatic carbocycles. The minimum Gasteiger partial charge on any atom is -0.456 e. The highest BCUT2D eigenvalue weighted by atomic mass is 19.1. The zero-order chi connectivity index (χ0) is 13.7. The largest absolute Gasteiger partial charge is 0.456 e. The fraction of sp³-hybridized carbons (Fsp3) is 0.250. The number of aryl methyl sites for hydroxylation is 1. The minimum absolute atomic E-state index is 0.157. The smallest absolute Gasteiger partial charge is 0.384 e. The summed E-state index contributed by atoms with van der Waals surface area (Å²) in [4.78, 5) is 21.0. The van der Waals surface area contributed by atoms with E-state index in [1.54, 1.807) is 6.92 Å². The molecule has 0 amide bonds. The van der Waals surface area contributed by atoms with E-state index in [1.165, 1.54) is 6.92 Å². The molecule has 18 heavy (non-hydrogen) atoms. The number of benzene rings is 1. The molecule has 0 radical (unpaired) electrons. The number of nitro benzene ring substituents is 1. The summed E-state index contributed by atoms with van der Waals surface area (Å²) in [5.74, 6) is 2.75. The van der Waals surface area contributed by atoms with Crippen LogP contribution in [0, 0.1) is 34.7 Å². The molecule has 0 N–H and O–H groups in total. The summed E-state index contributed by atoms with van der Waals surface area (Å²) in [6, 6.07) is 2.00. The molecule has 0 fully saturated rings. The van der Waals surface area contributed by atoms with E-state index in [0.29, 0.717) is 0 Å². The van der Waals surface area contributed by atoms with Gasteiger partial charge in [0.2, 0.25) is 0 Å². The van der Waals surface area contributed by atoms with E-state index in [9.17, 15) is 19.3 Å². The molecule has 0 bridgehead atoms. The third kappa shape index (κ3) is 3.28. The Labute approximate surface area is 103 Å². The standard InChI is InChI=1S/C12H10FNO4/c1-3-18-12(15)5-4-9-7-11(14(16)17)8(2)6-10(9)13/h6-7H,3H2,1-2H3. The van der Waals surface area contributed by atoms with Crippen LogP contribution in [0.4, 0.5) is 10.1 Å². The summed E-state index contributed by atoms with van der Waals surface area (Å²) in [5.41, 5.74) is -0.260. The SMILES string of the molecule is CCOC(=O)C#Cc1cc([N+](=O)[O-])c(C)cc1F. The van der Waals surface area contributed by atoms with Gasteiger partial charge in [-0.3, -0.25) is 10.1 Å². The van der Waals surface area contributed by atoms with Crippen LogP contribution in [0.5, 0.6) is 0 Å². The van der Waals surface area contributed by atoms with Crippen molar-refractivity contribution < 1.29 is 18.8 Å². The topological polar surface area (TPSA) is 69.4 Å². The van der Waals surface area contributed by atoms with Gasteiger partial charge in [-0.05, 0) is 19.9 Å². The molecule has 0 saturated carbocycles. The Bertz CT molecular complexity index is 557.